The molecule has 0 bridgehead atoms. The van der Waals surface area contributed by atoms with Crippen molar-refractivity contribution in [3.05, 3.63) is 82.8 Å². The van der Waals surface area contributed by atoms with Gasteiger partial charge in [0.05, 0.1) is 16.7 Å². The molecule has 0 atom stereocenters. The van der Waals surface area contributed by atoms with E-state index >= 15 is 0 Å². The topological polar surface area (TPSA) is 80.1 Å². The van der Waals surface area contributed by atoms with E-state index in [1.165, 1.54) is 16.3 Å². The largest absolute Gasteiger partial charge is 0.378 e. The number of nitrogens with zero attached hydrogens (tertiary/aromatic N) is 4. The number of anilines is 2. The van der Waals surface area contributed by atoms with Crippen molar-refractivity contribution in [3.8, 4) is 5.82 Å². The van der Waals surface area contributed by atoms with Crippen LogP contribution in [0.1, 0.15) is 5.56 Å². The molecule has 0 aliphatic rings. The lowest BCUT2D eigenvalue weighted by molar-refractivity contribution is -0.113. The second kappa shape index (κ2) is 9.23. The standard InChI is InChI=1S/C24H23N5O2S/c1-16-12-13-25-21(14-16)29-23(31)19-6-4-5-7-20(19)27-24(29)32-15-22(30)26-17-8-10-18(11-9-17)28(2)3/h4-14H,15H2,1-3H3,(H,26,30). The molecule has 7 nitrogen and oxygen atoms in total. The van der Waals surface area contributed by atoms with E-state index in [0.717, 1.165) is 11.3 Å². The number of para-hydroxylation sites is 1. The number of aromatic nitrogens is 3. The highest BCUT2D eigenvalue weighted by molar-refractivity contribution is 7.99. The van der Waals surface area contributed by atoms with Crippen LogP contribution in [0.5, 0.6) is 0 Å². The van der Waals surface area contributed by atoms with Crippen LogP contribution in [0.15, 0.2) is 76.8 Å². The molecule has 0 unspecified atom stereocenters. The lowest BCUT2D eigenvalue weighted by atomic mass is 10.2. The number of carbonyl (C=O) groups excluding carboxylic acids is 1. The van der Waals surface area contributed by atoms with Gasteiger partial charge >= 0.3 is 0 Å². The minimum atomic E-state index is -0.212. The molecular weight excluding hydrogens is 422 g/mol. The minimum Gasteiger partial charge on any atom is -0.378 e. The van der Waals surface area contributed by atoms with Gasteiger partial charge in [-0.25, -0.2) is 14.5 Å². The van der Waals surface area contributed by atoms with Crippen LogP contribution in [0.25, 0.3) is 16.7 Å². The fourth-order valence-corrected chi connectivity index (χ4v) is 4.02. The first-order chi connectivity index (χ1) is 15.4. The first-order valence-corrected chi connectivity index (χ1v) is 11.1. The Labute approximate surface area is 190 Å². The Bertz CT molecular complexity index is 1330. The quantitative estimate of drug-likeness (QED) is 0.358. The van der Waals surface area contributed by atoms with Gasteiger partial charge in [0.1, 0.15) is 5.82 Å². The van der Waals surface area contributed by atoms with Crippen LogP contribution in [-0.4, -0.2) is 40.3 Å². The average Bonchev–Trinajstić information content (AvgIpc) is 2.78. The predicted octanol–water partition coefficient (Wildman–Crippen LogP) is 3.89. The normalized spacial score (nSPS) is 10.8. The van der Waals surface area contributed by atoms with Crippen molar-refractivity contribution in [1.29, 1.82) is 0 Å². The summed E-state index contributed by atoms with van der Waals surface area (Å²) in [5, 5.41) is 3.82. The Morgan fingerprint density at radius 2 is 1.84 bits per heavy atom. The number of amides is 1. The van der Waals surface area contributed by atoms with Gasteiger partial charge in [-0.1, -0.05) is 23.9 Å². The molecule has 0 aliphatic heterocycles. The summed E-state index contributed by atoms with van der Waals surface area (Å²) in [7, 11) is 3.92. The summed E-state index contributed by atoms with van der Waals surface area (Å²) in [5.41, 5.74) is 3.11. The van der Waals surface area contributed by atoms with E-state index in [2.05, 4.69) is 15.3 Å². The van der Waals surface area contributed by atoms with Gasteiger partial charge < -0.3 is 10.2 Å². The third-order valence-corrected chi connectivity index (χ3v) is 5.81. The van der Waals surface area contributed by atoms with Gasteiger partial charge in [0.2, 0.25) is 5.91 Å². The number of carbonyl (C=O) groups is 1. The van der Waals surface area contributed by atoms with Crippen LogP contribution < -0.4 is 15.8 Å². The van der Waals surface area contributed by atoms with E-state index in [-0.39, 0.29) is 17.2 Å². The molecule has 1 amide bonds. The molecule has 4 aromatic rings. The fraction of sp³-hybridized carbons (Fsp3) is 0.167. The number of hydrogen-bond donors (Lipinski definition) is 1. The first kappa shape index (κ1) is 21.6. The van der Waals surface area contributed by atoms with Crippen molar-refractivity contribution in [2.75, 3.05) is 30.1 Å². The molecule has 2 aromatic heterocycles. The summed E-state index contributed by atoms with van der Waals surface area (Å²) in [4.78, 5) is 36.8. The van der Waals surface area contributed by atoms with Crippen LogP contribution in [0.3, 0.4) is 0 Å². The van der Waals surface area contributed by atoms with Gasteiger partial charge in [0, 0.05) is 31.7 Å². The number of benzene rings is 2. The van der Waals surface area contributed by atoms with Crippen molar-refractivity contribution in [2.24, 2.45) is 0 Å². The molecule has 162 valence electrons. The summed E-state index contributed by atoms with van der Waals surface area (Å²) in [6.45, 7) is 1.94. The molecule has 8 heteroatoms. The SMILES string of the molecule is Cc1ccnc(-n2c(SCC(=O)Nc3ccc(N(C)C)cc3)nc3ccccc3c2=O)c1. The van der Waals surface area contributed by atoms with E-state index in [1.807, 2.05) is 68.4 Å². The number of nitrogens with one attached hydrogen (secondary N) is 1. The van der Waals surface area contributed by atoms with Crippen LogP contribution in [0.2, 0.25) is 0 Å². The highest BCUT2D eigenvalue weighted by atomic mass is 32.2. The molecule has 32 heavy (non-hydrogen) atoms. The second-order valence-corrected chi connectivity index (χ2v) is 8.46. The van der Waals surface area contributed by atoms with Crippen molar-refractivity contribution >= 4 is 39.9 Å². The Morgan fingerprint density at radius 3 is 2.56 bits per heavy atom. The third-order valence-electron chi connectivity index (χ3n) is 4.87. The van der Waals surface area contributed by atoms with Crippen molar-refractivity contribution in [3.63, 3.8) is 0 Å². The third kappa shape index (κ3) is 4.65. The van der Waals surface area contributed by atoms with E-state index in [9.17, 15) is 9.59 Å². The number of pyridine rings is 1. The van der Waals surface area contributed by atoms with Crippen LogP contribution in [-0.2, 0) is 4.79 Å². The van der Waals surface area contributed by atoms with Crippen LogP contribution in [0, 0.1) is 6.92 Å². The summed E-state index contributed by atoms with van der Waals surface area (Å²) in [5.74, 6) is 0.403. The number of hydrogen-bond acceptors (Lipinski definition) is 6. The molecule has 0 fully saturated rings. The maximum atomic E-state index is 13.2. The molecule has 0 radical (unpaired) electrons. The van der Waals surface area contributed by atoms with E-state index in [0.29, 0.717) is 27.6 Å². The molecule has 0 spiro atoms. The minimum absolute atomic E-state index is 0.103. The van der Waals surface area contributed by atoms with Gasteiger partial charge in [-0.3, -0.25) is 9.59 Å². The lowest BCUT2D eigenvalue weighted by Gasteiger charge is -2.14. The van der Waals surface area contributed by atoms with Crippen LogP contribution in [0.4, 0.5) is 11.4 Å². The zero-order valence-electron chi connectivity index (χ0n) is 18.1. The maximum Gasteiger partial charge on any atom is 0.267 e. The zero-order valence-corrected chi connectivity index (χ0v) is 18.9. The van der Waals surface area contributed by atoms with Crippen molar-refractivity contribution in [2.45, 2.75) is 12.1 Å². The maximum absolute atomic E-state index is 13.2. The van der Waals surface area contributed by atoms with E-state index in [4.69, 9.17) is 0 Å². The smallest absolute Gasteiger partial charge is 0.267 e. The number of aryl methyl sites for hydroxylation is 1. The van der Waals surface area contributed by atoms with Gasteiger partial charge in [-0.05, 0) is 61.0 Å². The van der Waals surface area contributed by atoms with Crippen molar-refractivity contribution in [1.82, 2.24) is 14.5 Å². The lowest BCUT2D eigenvalue weighted by Crippen LogP contribution is -2.23. The van der Waals surface area contributed by atoms with E-state index < -0.39 is 0 Å². The summed E-state index contributed by atoms with van der Waals surface area (Å²) < 4.78 is 1.47. The van der Waals surface area contributed by atoms with Gasteiger partial charge in [0.15, 0.2) is 5.16 Å². The van der Waals surface area contributed by atoms with E-state index in [1.54, 1.807) is 24.4 Å². The first-order valence-electron chi connectivity index (χ1n) is 10.1. The molecule has 0 saturated carbocycles. The summed E-state index contributed by atoms with van der Waals surface area (Å²) in [6.07, 6.45) is 1.66. The monoisotopic (exact) mass is 445 g/mol. The Balaban J connectivity index is 1.61. The molecule has 0 aliphatic carbocycles. The number of fused-ring (bicyclic) bond motifs is 1. The molecule has 2 aromatic carbocycles. The van der Waals surface area contributed by atoms with Gasteiger partial charge in [0.25, 0.3) is 5.56 Å². The Hall–Kier alpha value is -3.65. The second-order valence-electron chi connectivity index (χ2n) is 7.52. The van der Waals surface area contributed by atoms with Crippen LogP contribution >= 0.6 is 11.8 Å². The molecular formula is C24H23N5O2S. The highest BCUT2D eigenvalue weighted by Crippen LogP contribution is 2.22. The fourth-order valence-electron chi connectivity index (χ4n) is 3.22. The molecule has 1 N–H and O–H groups in total. The van der Waals surface area contributed by atoms with Gasteiger partial charge in [-0.15, -0.1) is 0 Å². The molecule has 2 heterocycles. The summed E-state index contributed by atoms with van der Waals surface area (Å²) in [6, 6.07) is 18.5. The number of rotatable bonds is 6. The summed E-state index contributed by atoms with van der Waals surface area (Å²) >= 11 is 1.20. The van der Waals surface area contributed by atoms with Gasteiger partial charge in [-0.2, -0.15) is 0 Å². The highest BCUT2D eigenvalue weighted by Gasteiger charge is 2.16. The Morgan fingerprint density at radius 1 is 1.09 bits per heavy atom. The number of thioether (sulfide) groups is 1. The average molecular weight is 446 g/mol. The Kier molecular flexibility index (Phi) is 6.23. The predicted molar refractivity (Wildman–Crippen MR) is 130 cm³/mol. The van der Waals surface area contributed by atoms with Crippen molar-refractivity contribution < 1.29 is 4.79 Å². The molecule has 0 saturated heterocycles. The molecule has 4 rings (SSSR count). The zero-order chi connectivity index (χ0) is 22.7.